The number of hydrogen-bond donors (Lipinski definition) is 2. The van der Waals surface area contributed by atoms with Crippen molar-refractivity contribution in [2.75, 3.05) is 52.5 Å². The van der Waals surface area contributed by atoms with Gasteiger partial charge in [-0.1, -0.05) is 41.9 Å². The first-order chi connectivity index (χ1) is 32.7. The number of benzene rings is 4. The Hall–Kier alpha value is -5.86. The summed E-state index contributed by atoms with van der Waals surface area (Å²) in [5.74, 6) is 1.51. The molecule has 1 aliphatic heterocycles. The van der Waals surface area contributed by atoms with E-state index in [9.17, 15) is 4.79 Å². The maximum absolute atomic E-state index is 15.3. The van der Waals surface area contributed by atoms with Crippen LogP contribution in [0.15, 0.2) is 88.8 Å². The van der Waals surface area contributed by atoms with Crippen LogP contribution in [0, 0.1) is 26.6 Å². The number of nitrogens with zero attached hydrogens (tertiary/aromatic N) is 5. The van der Waals surface area contributed by atoms with Crippen molar-refractivity contribution in [2.45, 2.75) is 85.9 Å². The van der Waals surface area contributed by atoms with E-state index in [2.05, 4.69) is 110 Å². The summed E-state index contributed by atoms with van der Waals surface area (Å²) < 4.78 is 36.8. The summed E-state index contributed by atoms with van der Waals surface area (Å²) in [7, 11) is 0. The molecule has 4 aromatic heterocycles. The van der Waals surface area contributed by atoms with Crippen LogP contribution in [-0.2, 0) is 42.0 Å². The quantitative estimate of drug-likeness (QED) is 0.0686. The molecular formula is C54H62FN7O4S. The predicted octanol–water partition coefficient (Wildman–Crippen LogP) is 10.6. The van der Waals surface area contributed by atoms with Crippen molar-refractivity contribution in [3.63, 3.8) is 0 Å². The molecule has 0 radical (unpaired) electrons. The van der Waals surface area contributed by atoms with Crippen LogP contribution < -0.4 is 15.4 Å². The van der Waals surface area contributed by atoms with Crippen LogP contribution in [0.1, 0.15) is 66.6 Å². The van der Waals surface area contributed by atoms with E-state index in [0.29, 0.717) is 25.8 Å². The van der Waals surface area contributed by atoms with Crippen LogP contribution in [0.3, 0.4) is 0 Å². The molecule has 350 valence electrons. The second kappa shape index (κ2) is 21.4. The first kappa shape index (κ1) is 46.3. The molecule has 2 N–H and O–H groups in total. The number of nitrogens with one attached hydrogen (secondary N) is 2. The number of imidazole rings is 1. The molecule has 13 heteroatoms. The van der Waals surface area contributed by atoms with Gasteiger partial charge >= 0.3 is 0 Å². The van der Waals surface area contributed by atoms with E-state index in [4.69, 9.17) is 19.0 Å². The Labute approximate surface area is 396 Å². The van der Waals surface area contributed by atoms with E-state index in [1.54, 1.807) is 23.5 Å². The Kier molecular flexibility index (Phi) is 14.8. The van der Waals surface area contributed by atoms with Gasteiger partial charge < -0.3 is 33.8 Å². The maximum Gasteiger partial charge on any atom is 0.220 e. The average Bonchev–Trinajstić information content (AvgIpc) is 4.11. The maximum atomic E-state index is 15.3. The van der Waals surface area contributed by atoms with E-state index >= 15 is 4.39 Å². The molecule has 0 saturated carbocycles. The summed E-state index contributed by atoms with van der Waals surface area (Å²) in [5, 5.41) is 15.5. The highest BCUT2D eigenvalue weighted by molar-refractivity contribution is 7.13. The van der Waals surface area contributed by atoms with Crippen molar-refractivity contribution < 1.29 is 23.2 Å². The molecule has 1 amide bonds. The molecule has 9 rings (SSSR count). The van der Waals surface area contributed by atoms with E-state index in [0.717, 1.165) is 123 Å². The Morgan fingerprint density at radius 2 is 1.66 bits per heavy atom. The third-order valence-electron chi connectivity index (χ3n) is 13.1. The van der Waals surface area contributed by atoms with Crippen molar-refractivity contribution in [3.8, 4) is 27.3 Å². The lowest BCUT2D eigenvalue weighted by molar-refractivity contribution is -0.121. The Morgan fingerprint density at radius 3 is 2.45 bits per heavy atom. The van der Waals surface area contributed by atoms with E-state index in [-0.39, 0.29) is 18.3 Å². The number of aryl methyl sites for hydroxylation is 6. The Bertz CT molecular complexity index is 2960. The minimum Gasteiger partial charge on any atom is -0.489 e. The molecule has 4 aromatic carbocycles. The molecule has 0 spiro atoms. The molecule has 0 bridgehead atoms. The zero-order valence-corrected chi connectivity index (χ0v) is 40.1. The molecule has 67 heavy (non-hydrogen) atoms. The molecular weight excluding hydrogens is 862 g/mol. The van der Waals surface area contributed by atoms with E-state index < -0.39 is 5.82 Å². The number of rotatable bonds is 21. The Morgan fingerprint density at radius 1 is 0.821 bits per heavy atom. The smallest absolute Gasteiger partial charge is 0.220 e. The molecule has 0 atom stereocenters. The number of aromatic nitrogens is 4. The SMILES string of the molecule is CCn1c2ccc(CNCCCCCC(=O)NCCOc3ccc(CCc4nc5cc(-c6c(C)noc6C)ccc5n4CCN4CCOCC4)cc3F)cc2c2ccc(-c3cc(C)cs3)cc21. The molecule has 11 nitrogen and oxygen atoms in total. The van der Waals surface area contributed by atoms with Gasteiger partial charge in [0.15, 0.2) is 11.6 Å². The number of halogens is 1. The fourth-order valence-corrected chi connectivity index (χ4v) is 10.4. The van der Waals surface area contributed by atoms with E-state index in [1.807, 2.05) is 19.9 Å². The van der Waals surface area contributed by atoms with Gasteiger partial charge in [0.1, 0.15) is 18.2 Å². The largest absolute Gasteiger partial charge is 0.489 e. The fraction of sp³-hybridized carbons (Fsp3) is 0.389. The number of amides is 1. The molecule has 5 heterocycles. The summed E-state index contributed by atoms with van der Waals surface area (Å²) in [6.07, 6.45) is 4.50. The normalized spacial score (nSPS) is 13.4. The fourth-order valence-electron chi connectivity index (χ4n) is 9.53. The van der Waals surface area contributed by atoms with Crippen LogP contribution >= 0.6 is 11.3 Å². The lowest BCUT2D eigenvalue weighted by atomic mass is 10.0. The minimum atomic E-state index is -0.411. The highest BCUT2D eigenvalue weighted by Gasteiger charge is 2.19. The van der Waals surface area contributed by atoms with Crippen molar-refractivity contribution in [1.29, 1.82) is 0 Å². The third kappa shape index (κ3) is 10.8. The number of unbranched alkanes of at least 4 members (excludes halogenated alkanes) is 2. The number of morpholine rings is 1. The number of hydrogen-bond acceptors (Lipinski definition) is 9. The van der Waals surface area contributed by atoms with E-state index in [1.165, 1.54) is 43.4 Å². The first-order valence-corrected chi connectivity index (χ1v) is 24.8. The van der Waals surface area contributed by atoms with Crippen LogP contribution in [0.4, 0.5) is 4.39 Å². The van der Waals surface area contributed by atoms with Crippen molar-refractivity contribution >= 4 is 50.1 Å². The molecule has 0 unspecified atom stereocenters. The molecule has 1 saturated heterocycles. The molecule has 1 fully saturated rings. The van der Waals surface area contributed by atoms with Gasteiger partial charge in [0.2, 0.25) is 5.91 Å². The zero-order chi connectivity index (χ0) is 46.3. The zero-order valence-electron chi connectivity index (χ0n) is 39.3. The topological polar surface area (TPSA) is 112 Å². The van der Waals surface area contributed by atoms with Crippen LogP contribution in [0.2, 0.25) is 0 Å². The molecule has 8 aromatic rings. The van der Waals surface area contributed by atoms with Gasteiger partial charge in [-0.15, -0.1) is 11.3 Å². The van der Waals surface area contributed by atoms with Gasteiger partial charge in [0.25, 0.3) is 0 Å². The highest BCUT2D eigenvalue weighted by Crippen LogP contribution is 2.35. The molecule has 0 aliphatic carbocycles. The van der Waals surface area contributed by atoms with Crippen LogP contribution in [-0.4, -0.2) is 82.6 Å². The van der Waals surface area contributed by atoms with Gasteiger partial charge in [-0.2, -0.15) is 0 Å². The van der Waals surface area contributed by atoms with Crippen molar-refractivity contribution in [3.05, 3.63) is 124 Å². The summed E-state index contributed by atoms with van der Waals surface area (Å²) in [5.41, 5.74) is 12.1. The van der Waals surface area contributed by atoms with Gasteiger partial charge in [-0.05, 0) is 135 Å². The summed E-state index contributed by atoms with van der Waals surface area (Å²) in [6, 6.07) is 27.5. The summed E-state index contributed by atoms with van der Waals surface area (Å²) in [4.78, 5) is 21.4. The second-order valence-corrected chi connectivity index (χ2v) is 18.7. The van der Waals surface area contributed by atoms with Crippen LogP contribution in [0.5, 0.6) is 5.75 Å². The summed E-state index contributed by atoms with van der Waals surface area (Å²) >= 11 is 1.80. The van der Waals surface area contributed by atoms with Gasteiger partial charge in [0.05, 0.1) is 36.5 Å². The van der Waals surface area contributed by atoms with Crippen molar-refractivity contribution in [1.82, 2.24) is 34.8 Å². The number of thiophene rings is 1. The minimum absolute atomic E-state index is 0.0135. The van der Waals surface area contributed by atoms with Gasteiger partial charge in [0, 0.05) is 84.4 Å². The lowest BCUT2D eigenvalue weighted by Crippen LogP contribution is -2.38. The summed E-state index contributed by atoms with van der Waals surface area (Å²) in [6.45, 7) is 16.4. The van der Waals surface area contributed by atoms with Crippen molar-refractivity contribution in [2.24, 2.45) is 0 Å². The average molecular weight is 924 g/mol. The second-order valence-electron chi connectivity index (χ2n) is 17.8. The standard InChI is InChI=1S/C54H62FN7O4S/c1-5-61-47-16-10-40(30-44(47)43-15-13-41(33-49(43)61)51-29-36(2)35-67-51)34-56-20-8-6-7-9-53(63)57-21-26-65-50-18-11-39(31-45(50)55)12-19-52-58-46-32-42(54-37(3)59-66-38(54)4)14-17-48(46)62(52)23-22-60-24-27-64-28-25-60/h10-11,13-18,29-33,35,56H,5-9,12,19-28,34H2,1-4H3,(H,57,63). The Balaban J connectivity index is 0.695. The van der Waals surface area contributed by atoms with Crippen LogP contribution in [0.25, 0.3) is 54.4 Å². The first-order valence-electron chi connectivity index (χ1n) is 23.9. The number of carbonyl (C=O) groups is 1. The monoisotopic (exact) mass is 923 g/mol. The highest BCUT2D eigenvalue weighted by atomic mass is 32.1. The third-order valence-corrected chi connectivity index (χ3v) is 14.2. The number of fused-ring (bicyclic) bond motifs is 4. The number of ether oxygens (including phenoxy) is 2. The predicted molar refractivity (Wildman–Crippen MR) is 268 cm³/mol. The van der Waals surface area contributed by atoms with Gasteiger partial charge in [-0.3, -0.25) is 9.69 Å². The lowest BCUT2D eigenvalue weighted by Gasteiger charge is -2.27. The van der Waals surface area contributed by atoms with Gasteiger partial charge in [-0.25, -0.2) is 9.37 Å². The number of carbonyl (C=O) groups excluding carboxylic acids is 1. The molecule has 1 aliphatic rings.